The maximum Gasteiger partial charge on any atom is -0.0109 e. The fourth-order valence-corrected chi connectivity index (χ4v) is 2.42. The third-order valence-electron chi connectivity index (χ3n) is 3.66. The van der Waals surface area contributed by atoms with Crippen LogP contribution in [0.25, 0.3) is 22.4 Å². The lowest BCUT2D eigenvalue weighted by atomic mass is 9.91. The van der Waals surface area contributed by atoms with Crippen molar-refractivity contribution in [1.82, 2.24) is 0 Å². The Kier molecular flexibility index (Phi) is 4.05. The van der Waals surface area contributed by atoms with Gasteiger partial charge in [-0.1, -0.05) is 56.2 Å². The maximum atomic E-state index is 4.22. The van der Waals surface area contributed by atoms with Gasteiger partial charge in [-0.3, -0.25) is 0 Å². The van der Waals surface area contributed by atoms with Crippen LogP contribution in [0.2, 0.25) is 0 Å². The predicted molar refractivity (Wildman–Crippen MR) is 91.8 cm³/mol. The highest BCUT2D eigenvalue weighted by Crippen LogP contribution is 2.30. The molecule has 0 heterocycles. The molecule has 0 radical (unpaired) electrons. The van der Waals surface area contributed by atoms with Crippen LogP contribution >= 0.6 is 0 Å². The highest BCUT2D eigenvalue weighted by Gasteiger charge is 2.08. The number of fused-ring (bicyclic) bond motifs is 1. The molecule has 0 atom stereocenters. The molecule has 0 unspecified atom stereocenters. The molecule has 0 aliphatic heterocycles. The minimum atomic E-state index is 1.02. The van der Waals surface area contributed by atoms with Crippen molar-refractivity contribution in [2.75, 3.05) is 0 Å². The molecule has 0 fully saturated rings. The van der Waals surface area contributed by atoms with Crippen molar-refractivity contribution < 1.29 is 0 Å². The van der Waals surface area contributed by atoms with Crippen molar-refractivity contribution in [2.45, 2.75) is 13.8 Å². The van der Waals surface area contributed by atoms with Crippen LogP contribution in [0, 0.1) is 6.92 Å². The zero-order valence-corrected chi connectivity index (χ0v) is 12.2. The number of benzene rings is 2. The molecular formula is C20H20. The van der Waals surface area contributed by atoms with E-state index in [9.17, 15) is 0 Å². The second kappa shape index (κ2) is 5.75. The van der Waals surface area contributed by atoms with Crippen LogP contribution in [-0.4, -0.2) is 0 Å². The Morgan fingerprint density at radius 3 is 2.55 bits per heavy atom. The molecule has 100 valence electrons. The lowest BCUT2D eigenvalue weighted by molar-refractivity contribution is 1.48. The van der Waals surface area contributed by atoms with E-state index >= 15 is 0 Å². The molecule has 2 aromatic carbocycles. The summed E-state index contributed by atoms with van der Waals surface area (Å²) in [4.78, 5) is 0. The van der Waals surface area contributed by atoms with Gasteiger partial charge in [0.25, 0.3) is 0 Å². The van der Waals surface area contributed by atoms with Crippen molar-refractivity contribution in [3.63, 3.8) is 0 Å². The van der Waals surface area contributed by atoms with E-state index < -0.39 is 0 Å². The summed E-state index contributed by atoms with van der Waals surface area (Å²) in [6, 6.07) is 10.7. The lowest BCUT2D eigenvalue weighted by Crippen LogP contribution is -1.91. The SMILES string of the molecule is C=C/C=C(\C)C(=C)c1cc2cccc(C)c2cc1C=C. The molecule has 0 aliphatic carbocycles. The molecule has 0 spiro atoms. The molecule has 0 bridgehead atoms. The Morgan fingerprint density at radius 2 is 1.90 bits per heavy atom. The number of aryl methyl sites for hydroxylation is 1. The van der Waals surface area contributed by atoms with Gasteiger partial charge in [0.15, 0.2) is 0 Å². The molecule has 0 heteroatoms. The van der Waals surface area contributed by atoms with Crippen molar-refractivity contribution in [1.29, 1.82) is 0 Å². The Hall–Kier alpha value is -2.34. The van der Waals surface area contributed by atoms with Crippen LogP contribution in [0.3, 0.4) is 0 Å². The normalized spacial score (nSPS) is 11.4. The second-order valence-electron chi connectivity index (χ2n) is 5.00. The van der Waals surface area contributed by atoms with Crippen molar-refractivity contribution in [2.24, 2.45) is 0 Å². The number of rotatable bonds is 4. The molecular weight excluding hydrogens is 240 g/mol. The van der Waals surface area contributed by atoms with Gasteiger partial charge < -0.3 is 0 Å². The molecule has 0 aliphatic rings. The first-order valence-electron chi connectivity index (χ1n) is 6.73. The molecule has 0 saturated carbocycles. The van der Waals surface area contributed by atoms with Crippen molar-refractivity contribution >= 4 is 22.4 Å². The summed E-state index contributed by atoms with van der Waals surface area (Å²) in [6.45, 7) is 16.1. The topological polar surface area (TPSA) is 0 Å². The highest BCUT2D eigenvalue weighted by molar-refractivity contribution is 5.94. The lowest BCUT2D eigenvalue weighted by Gasteiger charge is -2.13. The monoisotopic (exact) mass is 260 g/mol. The zero-order chi connectivity index (χ0) is 14.7. The van der Waals surface area contributed by atoms with Gasteiger partial charge in [0.2, 0.25) is 0 Å². The Balaban J connectivity index is 2.70. The molecule has 2 rings (SSSR count). The Bertz CT molecular complexity index is 727. The fraction of sp³-hybridized carbons (Fsp3) is 0.100. The van der Waals surface area contributed by atoms with E-state index in [1.807, 2.05) is 12.2 Å². The van der Waals surface area contributed by atoms with Crippen LogP contribution in [0.5, 0.6) is 0 Å². The number of hydrogen-bond donors (Lipinski definition) is 0. The van der Waals surface area contributed by atoms with Crippen molar-refractivity contribution in [3.8, 4) is 0 Å². The summed E-state index contributed by atoms with van der Waals surface area (Å²) < 4.78 is 0. The summed E-state index contributed by atoms with van der Waals surface area (Å²) in [5, 5.41) is 2.50. The van der Waals surface area contributed by atoms with E-state index in [4.69, 9.17) is 0 Å². The quantitative estimate of drug-likeness (QED) is 0.597. The minimum Gasteiger partial charge on any atom is -0.0991 e. The Morgan fingerprint density at radius 1 is 1.15 bits per heavy atom. The minimum absolute atomic E-state index is 1.02. The number of hydrogen-bond acceptors (Lipinski definition) is 0. The first-order valence-corrected chi connectivity index (χ1v) is 6.73. The fourth-order valence-electron chi connectivity index (χ4n) is 2.42. The van der Waals surface area contributed by atoms with Crippen LogP contribution in [-0.2, 0) is 0 Å². The first kappa shape index (κ1) is 14.1. The third-order valence-corrected chi connectivity index (χ3v) is 3.66. The largest absolute Gasteiger partial charge is 0.0991 e. The van der Waals surface area contributed by atoms with Crippen LogP contribution < -0.4 is 0 Å². The van der Waals surface area contributed by atoms with Gasteiger partial charge in [0, 0.05) is 0 Å². The van der Waals surface area contributed by atoms with Gasteiger partial charge >= 0.3 is 0 Å². The van der Waals surface area contributed by atoms with E-state index in [0.717, 1.165) is 22.3 Å². The molecule has 0 aromatic heterocycles. The van der Waals surface area contributed by atoms with E-state index in [-0.39, 0.29) is 0 Å². The standard InChI is InChI=1S/C20H20/c1-6-9-14(3)16(5)20-13-18-11-8-10-15(4)19(18)12-17(20)7-2/h6-13H,1-2,5H2,3-4H3/b14-9+. The van der Waals surface area contributed by atoms with Gasteiger partial charge in [-0.15, -0.1) is 0 Å². The second-order valence-corrected chi connectivity index (χ2v) is 5.00. The van der Waals surface area contributed by atoms with Crippen LogP contribution in [0.4, 0.5) is 0 Å². The number of allylic oxidation sites excluding steroid dienone is 4. The zero-order valence-electron chi connectivity index (χ0n) is 12.2. The van der Waals surface area contributed by atoms with Crippen LogP contribution in [0.1, 0.15) is 23.6 Å². The smallest absolute Gasteiger partial charge is 0.0109 e. The van der Waals surface area contributed by atoms with Gasteiger partial charge in [0.1, 0.15) is 0 Å². The van der Waals surface area contributed by atoms with E-state index in [1.165, 1.54) is 16.3 Å². The molecule has 2 aromatic rings. The van der Waals surface area contributed by atoms with E-state index in [1.54, 1.807) is 6.08 Å². The molecule has 20 heavy (non-hydrogen) atoms. The summed E-state index contributed by atoms with van der Waals surface area (Å²) >= 11 is 0. The average molecular weight is 260 g/mol. The third kappa shape index (κ3) is 2.50. The van der Waals surface area contributed by atoms with E-state index in [0.29, 0.717) is 0 Å². The van der Waals surface area contributed by atoms with E-state index in [2.05, 4.69) is 63.9 Å². The summed E-state index contributed by atoms with van der Waals surface area (Å²) in [5.41, 5.74) is 5.67. The van der Waals surface area contributed by atoms with Crippen LogP contribution in [0.15, 0.2) is 67.8 Å². The first-order chi connectivity index (χ1) is 9.58. The molecule has 0 amide bonds. The van der Waals surface area contributed by atoms with Gasteiger partial charge in [0.05, 0.1) is 0 Å². The van der Waals surface area contributed by atoms with Crippen molar-refractivity contribution in [3.05, 3.63) is 84.5 Å². The highest BCUT2D eigenvalue weighted by atomic mass is 14.1. The van der Waals surface area contributed by atoms with Gasteiger partial charge in [-0.05, 0) is 64.6 Å². The average Bonchev–Trinajstić information content (AvgIpc) is 2.46. The molecule has 0 saturated heterocycles. The Labute approximate surface area is 121 Å². The molecule has 0 nitrogen and oxygen atoms in total. The summed E-state index contributed by atoms with van der Waals surface area (Å²) in [7, 11) is 0. The van der Waals surface area contributed by atoms with Gasteiger partial charge in [-0.2, -0.15) is 0 Å². The summed E-state index contributed by atoms with van der Waals surface area (Å²) in [5.74, 6) is 0. The molecule has 0 N–H and O–H groups in total. The van der Waals surface area contributed by atoms with Gasteiger partial charge in [-0.25, -0.2) is 0 Å². The summed E-state index contributed by atoms with van der Waals surface area (Å²) in [6.07, 6.45) is 5.67. The predicted octanol–water partition coefficient (Wildman–Crippen LogP) is 5.94. The maximum absolute atomic E-state index is 4.22.